The Morgan fingerprint density at radius 3 is 2.59 bits per heavy atom. The molecule has 0 aliphatic rings. The summed E-state index contributed by atoms with van der Waals surface area (Å²) in [6.45, 7) is 11.5. The molecule has 3 aromatic rings. The summed E-state index contributed by atoms with van der Waals surface area (Å²) in [5.41, 5.74) is 1.93. The smallest absolute Gasteiger partial charge is 0.408 e. The Morgan fingerprint density at radius 1 is 1.19 bits per heavy atom. The van der Waals surface area contributed by atoms with E-state index in [0.717, 1.165) is 22.2 Å². The monoisotopic (exact) mass is 441 g/mol. The largest absolute Gasteiger partial charge is 0.488 e. The summed E-state index contributed by atoms with van der Waals surface area (Å²) in [6.07, 6.45) is 3.64. The molecule has 7 heteroatoms. The molecule has 172 valence electrons. The maximum atomic E-state index is 14.9. The predicted octanol–water partition coefficient (Wildman–Crippen LogP) is 6.08. The highest BCUT2D eigenvalue weighted by molar-refractivity contribution is 5.91. The zero-order chi connectivity index (χ0) is 23.5. The predicted molar refractivity (Wildman–Crippen MR) is 124 cm³/mol. The van der Waals surface area contributed by atoms with Crippen molar-refractivity contribution in [3.63, 3.8) is 0 Å². The Balaban J connectivity index is 1.76. The van der Waals surface area contributed by atoms with E-state index < -0.39 is 23.1 Å². The number of nitrogens with zero attached hydrogens (tertiary/aromatic N) is 1. The van der Waals surface area contributed by atoms with Crippen LogP contribution in [0.25, 0.3) is 22.2 Å². The summed E-state index contributed by atoms with van der Waals surface area (Å²) >= 11 is 0. The number of ether oxygens (including phenoxy) is 2. The van der Waals surface area contributed by atoms with Crippen LogP contribution < -0.4 is 10.1 Å². The first-order valence-electron chi connectivity index (χ1n) is 10.8. The van der Waals surface area contributed by atoms with Gasteiger partial charge in [0.15, 0.2) is 11.6 Å². The number of amides is 1. The van der Waals surface area contributed by atoms with Gasteiger partial charge in [-0.25, -0.2) is 9.18 Å². The molecule has 32 heavy (non-hydrogen) atoms. The van der Waals surface area contributed by atoms with Crippen molar-refractivity contribution >= 4 is 17.1 Å². The topological polar surface area (TPSA) is 76.2 Å². The molecule has 3 rings (SSSR count). The van der Waals surface area contributed by atoms with E-state index in [1.165, 1.54) is 6.07 Å². The maximum absolute atomic E-state index is 14.9. The molecule has 1 atom stereocenters. The number of alkyl carbamates (subject to hydrolysis) is 1. The first kappa shape index (κ1) is 23.6. The molecule has 1 aromatic carbocycles. The van der Waals surface area contributed by atoms with Crippen LogP contribution in [-0.2, 0) is 4.74 Å². The second-order valence-corrected chi connectivity index (χ2v) is 9.82. The molecule has 6 nitrogen and oxygen atoms in total. The van der Waals surface area contributed by atoms with E-state index in [-0.39, 0.29) is 12.4 Å². The van der Waals surface area contributed by atoms with Crippen LogP contribution in [0.4, 0.5) is 9.18 Å². The third-order valence-electron chi connectivity index (χ3n) is 4.90. The summed E-state index contributed by atoms with van der Waals surface area (Å²) in [5.74, 6) is -0.0460. The normalized spacial score (nSPS) is 13.8. The number of halogens is 1. The first-order chi connectivity index (χ1) is 15.0. The molecule has 0 aliphatic heterocycles. The van der Waals surface area contributed by atoms with Gasteiger partial charge < -0.3 is 19.8 Å². The number of pyridine rings is 1. The number of hydrogen-bond donors (Lipinski definition) is 2. The van der Waals surface area contributed by atoms with Crippen LogP contribution in [0, 0.1) is 11.7 Å². The van der Waals surface area contributed by atoms with Crippen molar-refractivity contribution in [3.05, 3.63) is 48.5 Å². The SMILES string of the molecule is CC(C)C[C@@](C)(COc1ccc(-c2ccnc3cc[nH]c23)cc1F)NC(=O)OC(C)(C)C. The van der Waals surface area contributed by atoms with Crippen LogP contribution in [0.5, 0.6) is 5.75 Å². The number of H-pyrrole nitrogens is 1. The number of nitrogens with one attached hydrogen (secondary N) is 2. The molecule has 0 fully saturated rings. The zero-order valence-electron chi connectivity index (χ0n) is 19.6. The van der Waals surface area contributed by atoms with Gasteiger partial charge in [-0.15, -0.1) is 0 Å². The van der Waals surface area contributed by atoms with Crippen LogP contribution in [-0.4, -0.2) is 33.8 Å². The third kappa shape index (κ3) is 5.99. The Bertz CT molecular complexity index is 1090. The average molecular weight is 442 g/mol. The van der Waals surface area contributed by atoms with Crippen molar-refractivity contribution in [3.8, 4) is 16.9 Å². The summed E-state index contributed by atoms with van der Waals surface area (Å²) in [4.78, 5) is 19.8. The molecular weight excluding hydrogens is 409 g/mol. The lowest BCUT2D eigenvalue weighted by atomic mass is 9.91. The lowest BCUT2D eigenvalue weighted by Gasteiger charge is -2.33. The van der Waals surface area contributed by atoms with Crippen LogP contribution in [0.3, 0.4) is 0 Å². The van der Waals surface area contributed by atoms with Crippen LogP contribution in [0.2, 0.25) is 0 Å². The summed E-state index contributed by atoms with van der Waals surface area (Å²) in [7, 11) is 0. The van der Waals surface area contributed by atoms with Gasteiger partial charge in [-0.05, 0) is 69.9 Å². The minimum Gasteiger partial charge on any atom is -0.488 e. The maximum Gasteiger partial charge on any atom is 0.408 e. The van der Waals surface area contributed by atoms with Crippen molar-refractivity contribution in [1.29, 1.82) is 0 Å². The van der Waals surface area contributed by atoms with Crippen LogP contribution in [0.15, 0.2) is 42.7 Å². The number of fused-ring (bicyclic) bond motifs is 1. The van der Waals surface area contributed by atoms with Gasteiger partial charge in [-0.1, -0.05) is 19.9 Å². The van der Waals surface area contributed by atoms with Crippen molar-refractivity contribution < 1.29 is 18.7 Å². The number of aromatic nitrogens is 2. The van der Waals surface area contributed by atoms with E-state index in [2.05, 4.69) is 29.1 Å². The molecular formula is C25H32FN3O3. The van der Waals surface area contributed by atoms with E-state index in [1.807, 2.05) is 52.1 Å². The lowest BCUT2D eigenvalue weighted by Crippen LogP contribution is -2.52. The van der Waals surface area contributed by atoms with Gasteiger partial charge in [0, 0.05) is 18.0 Å². The molecule has 0 saturated carbocycles. The zero-order valence-corrected chi connectivity index (χ0v) is 19.6. The quantitative estimate of drug-likeness (QED) is 0.466. The standard InChI is InChI=1S/C25H32FN3O3/c1-16(2)14-25(6,29-23(30)32-24(3,4)5)15-31-21-8-7-17(13-19(21)26)18-9-11-27-20-10-12-28-22(18)20/h7-13,16,28H,14-15H2,1-6H3,(H,29,30)/t25-/m0/s1. The van der Waals surface area contributed by atoms with Gasteiger partial charge in [0.05, 0.1) is 16.6 Å². The Morgan fingerprint density at radius 2 is 1.94 bits per heavy atom. The molecule has 2 N–H and O–H groups in total. The van der Waals surface area contributed by atoms with E-state index in [9.17, 15) is 9.18 Å². The highest BCUT2D eigenvalue weighted by Crippen LogP contribution is 2.30. The van der Waals surface area contributed by atoms with Crippen LogP contribution >= 0.6 is 0 Å². The summed E-state index contributed by atoms with van der Waals surface area (Å²) in [5, 5.41) is 2.91. The molecule has 0 unspecified atom stereocenters. The lowest BCUT2D eigenvalue weighted by molar-refractivity contribution is 0.0406. The number of aromatic amines is 1. The third-order valence-corrected chi connectivity index (χ3v) is 4.90. The molecule has 1 amide bonds. The molecule has 2 aromatic heterocycles. The van der Waals surface area contributed by atoms with E-state index in [0.29, 0.717) is 12.3 Å². The number of carbonyl (C=O) groups excluding carboxylic acids is 1. The molecule has 0 saturated heterocycles. The fourth-order valence-corrected chi connectivity index (χ4v) is 3.82. The van der Waals surface area contributed by atoms with E-state index >= 15 is 0 Å². The Labute approximate surface area is 188 Å². The van der Waals surface area contributed by atoms with Gasteiger partial charge >= 0.3 is 6.09 Å². The Kier molecular flexibility index (Phi) is 6.77. The van der Waals surface area contributed by atoms with Crippen LogP contribution in [0.1, 0.15) is 48.0 Å². The molecule has 0 aliphatic carbocycles. The van der Waals surface area contributed by atoms with Crippen molar-refractivity contribution in [2.75, 3.05) is 6.61 Å². The molecule has 0 bridgehead atoms. The van der Waals surface area contributed by atoms with Gasteiger partial charge in [0.2, 0.25) is 0 Å². The molecule has 0 spiro atoms. The minimum atomic E-state index is -0.719. The van der Waals surface area contributed by atoms with Crippen molar-refractivity contribution in [2.24, 2.45) is 5.92 Å². The van der Waals surface area contributed by atoms with E-state index in [4.69, 9.17) is 9.47 Å². The van der Waals surface area contributed by atoms with E-state index in [1.54, 1.807) is 12.3 Å². The second-order valence-electron chi connectivity index (χ2n) is 9.82. The number of carbonyl (C=O) groups is 1. The number of rotatable bonds is 7. The molecule has 2 heterocycles. The fourth-order valence-electron chi connectivity index (χ4n) is 3.82. The van der Waals surface area contributed by atoms with Gasteiger partial charge in [-0.2, -0.15) is 0 Å². The second kappa shape index (κ2) is 9.18. The summed E-state index contributed by atoms with van der Waals surface area (Å²) in [6, 6.07) is 8.60. The number of benzene rings is 1. The van der Waals surface area contributed by atoms with Gasteiger partial charge in [0.1, 0.15) is 12.2 Å². The first-order valence-corrected chi connectivity index (χ1v) is 10.8. The Hall–Kier alpha value is -3.09. The van der Waals surface area contributed by atoms with Crippen molar-refractivity contribution in [2.45, 2.75) is 59.1 Å². The fraction of sp³-hybridized carbons (Fsp3) is 0.440. The van der Waals surface area contributed by atoms with Crippen molar-refractivity contribution in [1.82, 2.24) is 15.3 Å². The summed E-state index contributed by atoms with van der Waals surface area (Å²) < 4.78 is 26.1. The van der Waals surface area contributed by atoms with Gasteiger partial charge in [0.25, 0.3) is 0 Å². The average Bonchev–Trinajstić information content (AvgIpc) is 3.13. The minimum absolute atomic E-state index is 0.108. The highest BCUT2D eigenvalue weighted by atomic mass is 19.1. The highest BCUT2D eigenvalue weighted by Gasteiger charge is 2.31. The van der Waals surface area contributed by atoms with Gasteiger partial charge in [-0.3, -0.25) is 4.98 Å². The molecule has 0 radical (unpaired) electrons. The number of hydrogen-bond acceptors (Lipinski definition) is 4.